The zero-order chi connectivity index (χ0) is 25.6. The van der Waals surface area contributed by atoms with Crippen molar-refractivity contribution < 1.29 is 9.59 Å². The molecule has 4 aromatic carbocycles. The number of carbonyl (C=O) groups is 2. The first-order valence-corrected chi connectivity index (χ1v) is 11.8. The number of hydrogen-bond acceptors (Lipinski definition) is 3. The van der Waals surface area contributed by atoms with E-state index in [-0.39, 0.29) is 11.6 Å². The minimum absolute atomic E-state index is 0.121. The molecule has 0 amide bonds. The molecule has 0 N–H and O–H groups in total. The van der Waals surface area contributed by atoms with Crippen LogP contribution in [0.5, 0.6) is 0 Å². The third-order valence-electron chi connectivity index (χ3n) is 5.05. The van der Waals surface area contributed by atoms with Gasteiger partial charge < -0.3 is 4.90 Å². The van der Waals surface area contributed by atoms with Gasteiger partial charge in [0, 0.05) is 42.4 Å². The van der Waals surface area contributed by atoms with Crippen LogP contribution in [0, 0.1) is 6.92 Å². The molecule has 0 spiro atoms. The van der Waals surface area contributed by atoms with E-state index in [1.807, 2.05) is 129 Å². The predicted octanol–water partition coefficient (Wildman–Crippen LogP) is 7.72. The molecule has 0 saturated heterocycles. The zero-order valence-corrected chi connectivity index (χ0v) is 21.5. The lowest BCUT2D eigenvalue weighted by Gasteiger charge is -2.11. The Morgan fingerprint density at radius 1 is 0.714 bits per heavy atom. The van der Waals surface area contributed by atoms with Crippen LogP contribution in [-0.2, 0) is 6.42 Å². The molecule has 4 heteroatoms. The molecule has 0 fully saturated rings. The molecule has 0 aliphatic heterocycles. The lowest BCUT2D eigenvalue weighted by molar-refractivity contribution is 0.0990. The van der Waals surface area contributed by atoms with Gasteiger partial charge in [0.25, 0.3) is 0 Å². The number of halogens is 1. The summed E-state index contributed by atoms with van der Waals surface area (Å²) < 4.78 is 0. The number of ketones is 2. The van der Waals surface area contributed by atoms with Gasteiger partial charge in [-0.25, -0.2) is 0 Å². The van der Waals surface area contributed by atoms with Crippen molar-refractivity contribution in [3.63, 3.8) is 0 Å². The van der Waals surface area contributed by atoms with Crippen LogP contribution in [0.3, 0.4) is 0 Å². The molecular formula is C31H32ClNO2. The number of hydrogen-bond donors (Lipinski definition) is 0. The van der Waals surface area contributed by atoms with Gasteiger partial charge in [-0.1, -0.05) is 108 Å². The average molecular weight is 486 g/mol. The molecular weight excluding hydrogens is 454 g/mol. The van der Waals surface area contributed by atoms with Crippen LogP contribution in [0.1, 0.15) is 38.8 Å². The molecule has 0 atom stereocenters. The maximum Gasteiger partial charge on any atom is 0.167 e. The van der Waals surface area contributed by atoms with E-state index in [1.165, 1.54) is 5.56 Å². The van der Waals surface area contributed by atoms with Crippen molar-refractivity contribution in [2.45, 2.75) is 20.3 Å². The molecule has 0 aliphatic rings. The molecule has 0 heterocycles. The Morgan fingerprint density at radius 2 is 1.29 bits per heavy atom. The molecule has 35 heavy (non-hydrogen) atoms. The van der Waals surface area contributed by atoms with E-state index >= 15 is 0 Å². The molecule has 0 bridgehead atoms. The van der Waals surface area contributed by atoms with Crippen LogP contribution in [0.2, 0.25) is 5.02 Å². The summed E-state index contributed by atoms with van der Waals surface area (Å²) in [5.41, 5.74) is 4.96. The number of aryl methyl sites for hydroxylation is 1. The summed E-state index contributed by atoms with van der Waals surface area (Å²) in [4.78, 5) is 24.6. The molecule has 4 rings (SSSR count). The van der Waals surface area contributed by atoms with E-state index < -0.39 is 0 Å². The van der Waals surface area contributed by atoms with Gasteiger partial charge >= 0.3 is 0 Å². The second-order valence-electron chi connectivity index (χ2n) is 8.25. The van der Waals surface area contributed by atoms with Gasteiger partial charge in [-0.3, -0.25) is 9.59 Å². The molecule has 3 nitrogen and oxygen atoms in total. The highest BCUT2D eigenvalue weighted by Gasteiger charge is 2.05. The molecule has 0 aromatic heterocycles. The van der Waals surface area contributed by atoms with Crippen LogP contribution in [0.25, 0.3) is 0 Å². The van der Waals surface area contributed by atoms with Gasteiger partial charge in [0.15, 0.2) is 11.6 Å². The molecule has 0 saturated carbocycles. The fraction of sp³-hybridized carbons (Fsp3) is 0.161. The van der Waals surface area contributed by atoms with Crippen molar-refractivity contribution >= 4 is 28.9 Å². The third-order valence-corrected chi connectivity index (χ3v) is 5.28. The normalized spacial score (nSPS) is 9.63. The summed E-state index contributed by atoms with van der Waals surface area (Å²) in [6, 6.07) is 34.5. The Bertz CT molecular complexity index is 1200. The van der Waals surface area contributed by atoms with Crippen LogP contribution in [-0.4, -0.2) is 25.7 Å². The van der Waals surface area contributed by atoms with Crippen LogP contribution in [0.4, 0.5) is 5.69 Å². The summed E-state index contributed by atoms with van der Waals surface area (Å²) in [6.45, 7) is 3.60. The zero-order valence-electron chi connectivity index (χ0n) is 20.7. The number of anilines is 1. The first-order chi connectivity index (χ1) is 16.8. The van der Waals surface area contributed by atoms with E-state index in [9.17, 15) is 9.59 Å². The Hall–Kier alpha value is -3.69. The standard InChI is InChI=1S/C15H14O.C8H10ClN.C8H8O/c1-12-6-5-7-13(10-12)11-15(16)14-8-3-2-4-9-14;1-10(2)8-5-3-4-7(9)6-8;1-7(9)8-5-3-2-4-6-8/h2-10H,11H2,1H3;3-6H,1-2H3;2-6H,1H3. The molecule has 0 unspecified atom stereocenters. The largest absolute Gasteiger partial charge is 0.378 e. The first-order valence-electron chi connectivity index (χ1n) is 11.4. The predicted molar refractivity (Wildman–Crippen MR) is 148 cm³/mol. The summed E-state index contributed by atoms with van der Waals surface area (Å²) in [5.74, 6) is 0.293. The lowest BCUT2D eigenvalue weighted by atomic mass is 10.0. The molecule has 180 valence electrons. The number of benzene rings is 4. The number of carbonyl (C=O) groups excluding carboxylic acids is 2. The van der Waals surface area contributed by atoms with Gasteiger partial charge in [0.1, 0.15) is 0 Å². The minimum atomic E-state index is 0.121. The van der Waals surface area contributed by atoms with Crippen LogP contribution < -0.4 is 4.90 Å². The van der Waals surface area contributed by atoms with Crippen molar-refractivity contribution in [2.24, 2.45) is 0 Å². The SMILES string of the molecule is CC(=O)c1ccccc1.CN(C)c1cccc(Cl)c1.Cc1cccc(CC(=O)c2ccccc2)c1. The van der Waals surface area contributed by atoms with E-state index in [1.54, 1.807) is 6.92 Å². The second-order valence-corrected chi connectivity index (χ2v) is 8.69. The number of rotatable bonds is 5. The van der Waals surface area contributed by atoms with Crippen LogP contribution >= 0.6 is 11.6 Å². The van der Waals surface area contributed by atoms with Crippen molar-refractivity contribution in [1.29, 1.82) is 0 Å². The summed E-state index contributed by atoms with van der Waals surface area (Å²) in [6.07, 6.45) is 0.478. The Morgan fingerprint density at radius 3 is 1.74 bits per heavy atom. The number of nitrogens with zero attached hydrogens (tertiary/aromatic N) is 1. The maximum atomic E-state index is 11.9. The van der Waals surface area contributed by atoms with E-state index in [2.05, 4.69) is 6.07 Å². The lowest BCUT2D eigenvalue weighted by Crippen LogP contribution is -2.07. The fourth-order valence-electron chi connectivity index (χ4n) is 3.16. The average Bonchev–Trinajstić information content (AvgIpc) is 2.86. The second kappa shape index (κ2) is 14.5. The monoisotopic (exact) mass is 485 g/mol. The van der Waals surface area contributed by atoms with E-state index in [0.29, 0.717) is 6.42 Å². The highest BCUT2D eigenvalue weighted by molar-refractivity contribution is 6.30. The van der Waals surface area contributed by atoms with E-state index in [0.717, 1.165) is 27.4 Å². The van der Waals surface area contributed by atoms with Gasteiger partial charge in [0.05, 0.1) is 0 Å². The summed E-state index contributed by atoms with van der Waals surface area (Å²) >= 11 is 5.76. The van der Waals surface area contributed by atoms with Crippen molar-refractivity contribution in [1.82, 2.24) is 0 Å². The van der Waals surface area contributed by atoms with Gasteiger partial charge in [0.2, 0.25) is 0 Å². The molecule has 0 radical (unpaired) electrons. The van der Waals surface area contributed by atoms with Gasteiger partial charge in [-0.2, -0.15) is 0 Å². The van der Waals surface area contributed by atoms with E-state index in [4.69, 9.17) is 11.6 Å². The smallest absolute Gasteiger partial charge is 0.167 e. The van der Waals surface area contributed by atoms with Gasteiger partial charge in [-0.15, -0.1) is 0 Å². The van der Waals surface area contributed by atoms with Crippen molar-refractivity contribution in [3.05, 3.63) is 136 Å². The number of Topliss-reactive ketones (excluding diaryl/α,β-unsaturated/α-hetero) is 2. The summed E-state index contributed by atoms with van der Waals surface area (Å²) in [5, 5.41) is 0.784. The Balaban J connectivity index is 0.000000197. The van der Waals surface area contributed by atoms with Crippen LogP contribution in [0.15, 0.2) is 109 Å². The van der Waals surface area contributed by atoms with Crippen molar-refractivity contribution in [2.75, 3.05) is 19.0 Å². The maximum absolute atomic E-state index is 11.9. The quantitative estimate of drug-likeness (QED) is 0.271. The highest BCUT2D eigenvalue weighted by atomic mass is 35.5. The Kier molecular flexibility index (Phi) is 11.5. The highest BCUT2D eigenvalue weighted by Crippen LogP contribution is 2.16. The minimum Gasteiger partial charge on any atom is -0.378 e. The third kappa shape index (κ3) is 10.4. The van der Waals surface area contributed by atoms with Gasteiger partial charge in [-0.05, 0) is 37.6 Å². The topological polar surface area (TPSA) is 37.4 Å². The summed E-state index contributed by atoms with van der Waals surface area (Å²) in [7, 11) is 3.98. The first kappa shape index (κ1) is 27.6. The Labute approximate surface area is 214 Å². The fourth-order valence-corrected chi connectivity index (χ4v) is 3.35. The molecule has 0 aliphatic carbocycles. The van der Waals surface area contributed by atoms with Crippen molar-refractivity contribution in [3.8, 4) is 0 Å². The molecule has 4 aromatic rings.